The monoisotopic (exact) mass is 275 g/mol. The molecule has 2 N–H and O–H groups in total. The quantitative estimate of drug-likeness (QED) is 0.830. The van der Waals surface area contributed by atoms with Crippen molar-refractivity contribution in [3.63, 3.8) is 0 Å². The number of likely N-dealkylation sites (N-methyl/N-ethyl adjacent to an activating group) is 1. The highest BCUT2D eigenvalue weighted by Crippen LogP contribution is 2.27. The molecule has 0 fully saturated rings. The van der Waals surface area contributed by atoms with Crippen LogP contribution >= 0.6 is 0 Å². The SMILES string of the molecule is CCCNC(=O)C(C)NCc1ccc2c(c1)CCN2C. The average molecular weight is 275 g/mol. The van der Waals surface area contributed by atoms with Gasteiger partial charge < -0.3 is 15.5 Å². The Morgan fingerprint density at radius 1 is 1.45 bits per heavy atom. The van der Waals surface area contributed by atoms with Crippen molar-refractivity contribution in [3.05, 3.63) is 29.3 Å². The molecule has 1 heterocycles. The van der Waals surface area contributed by atoms with E-state index in [1.165, 1.54) is 16.8 Å². The van der Waals surface area contributed by atoms with E-state index in [0.717, 1.165) is 32.5 Å². The lowest BCUT2D eigenvalue weighted by atomic mass is 10.1. The van der Waals surface area contributed by atoms with Gasteiger partial charge in [0, 0.05) is 32.4 Å². The third-order valence-corrected chi connectivity index (χ3v) is 3.83. The van der Waals surface area contributed by atoms with Crippen molar-refractivity contribution in [2.45, 2.75) is 39.3 Å². The predicted molar refractivity (Wildman–Crippen MR) is 83.0 cm³/mol. The average Bonchev–Trinajstić information content (AvgIpc) is 2.83. The van der Waals surface area contributed by atoms with Gasteiger partial charge in [-0.1, -0.05) is 19.1 Å². The van der Waals surface area contributed by atoms with Crippen LogP contribution in [0.5, 0.6) is 0 Å². The maximum absolute atomic E-state index is 11.8. The maximum atomic E-state index is 11.8. The molecular formula is C16H25N3O. The first kappa shape index (κ1) is 14.9. The second-order valence-electron chi connectivity index (χ2n) is 5.53. The Morgan fingerprint density at radius 2 is 2.25 bits per heavy atom. The third kappa shape index (κ3) is 3.51. The van der Waals surface area contributed by atoms with E-state index >= 15 is 0 Å². The van der Waals surface area contributed by atoms with E-state index in [1.807, 2.05) is 6.92 Å². The van der Waals surface area contributed by atoms with Crippen LogP contribution in [0.25, 0.3) is 0 Å². The van der Waals surface area contributed by atoms with Crippen molar-refractivity contribution >= 4 is 11.6 Å². The predicted octanol–water partition coefficient (Wildman–Crippen LogP) is 1.68. The number of fused-ring (bicyclic) bond motifs is 1. The molecule has 1 aliphatic rings. The highest BCUT2D eigenvalue weighted by atomic mass is 16.2. The number of carbonyl (C=O) groups excluding carboxylic acids is 1. The molecule has 0 aromatic heterocycles. The first-order valence-electron chi connectivity index (χ1n) is 7.46. The number of amides is 1. The van der Waals surface area contributed by atoms with Crippen molar-refractivity contribution in [2.75, 3.05) is 25.0 Å². The van der Waals surface area contributed by atoms with Crippen LogP contribution in [0.2, 0.25) is 0 Å². The van der Waals surface area contributed by atoms with Crippen molar-refractivity contribution in [3.8, 4) is 0 Å². The molecule has 4 nitrogen and oxygen atoms in total. The van der Waals surface area contributed by atoms with Crippen LogP contribution in [0.15, 0.2) is 18.2 Å². The Kier molecular flexibility index (Phi) is 5.01. The van der Waals surface area contributed by atoms with Crippen LogP contribution in [-0.2, 0) is 17.8 Å². The number of anilines is 1. The molecule has 20 heavy (non-hydrogen) atoms. The molecule has 0 saturated carbocycles. The first-order chi connectivity index (χ1) is 9.61. The normalized spacial score (nSPS) is 15.1. The van der Waals surface area contributed by atoms with Gasteiger partial charge in [-0.3, -0.25) is 4.79 Å². The summed E-state index contributed by atoms with van der Waals surface area (Å²) in [6, 6.07) is 6.42. The second kappa shape index (κ2) is 6.75. The maximum Gasteiger partial charge on any atom is 0.236 e. The number of rotatable bonds is 6. The molecular weight excluding hydrogens is 250 g/mol. The summed E-state index contributed by atoms with van der Waals surface area (Å²) in [6.07, 6.45) is 2.09. The van der Waals surface area contributed by atoms with Crippen molar-refractivity contribution < 1.29 is 4.79 Å². The van der Waals surface area contributed by atoms with E-state index in [4.69, 9.17) is 0 Å². The largest absolute Gasteiger partial charge is 0.374 e. The van der Waals surface area contributed by atoms with Gasteiger partial charge in [-0.2, -0.15) is 0 Å². The summed E-state index contributed by atoms with van der Waals surface area (Å²) < 4.78 is 0. The molecule has 2 rings (SSSR count). The summed E-state index contributed by atoms with van der Waals surface area (Å²) in [5, 5.41) is 6.19. The minimum absolute atomic E-state index is 0.0766. The summed E-state index contributed by atoms with van der Waals surface area (Å²) in [4.78, 5) is 14.1. The lowest BCUT2D eigenvalue weighted by Crippen LogP contribution is -2.42. The van der Waals surface area contributed by atoms with Crippen LogP contribution in [0.1, 0.15) is 31.4 Å². The second-order valence-corrected chi connectivity index (χ2v) is 5.53. The zero-order chi connectivity index (χ0) is 14.5. The van der Waals surface area contributed by atoms with E-state index in [1.54, 1.807) is 0 Å². The molecule has 0 aliphatic carbocycles. The summed E-state index contributed by atoms with van der Waals surface area (Å²) in [5.74, 6) is 0.0766. The Labute approximate surface area is 121 Å². The van der Waals surface area contributed by atoms with Gasteiger partial charge >= 0.3 is 0 Å². The van der Waals surface area contributed by atoms with E-state index in [2.05, 4.69) is 47.7 Å². The topological polar surface area (TPSA) is 44.4 Å². The fourth-order valence-electron chi connectivity index (χ4n) is 2.49. The van der Waals surface area contributed by atoms with Gasteiger partial charge in [0.25, 0.3) is 0 Å². The molecule has 1 atom stereocenters. The van der Waals surface area contributed by atoms with Crippen molar-refractivity contribution in [2.24, 2.45) is 0 Å². The summed E-state index contributed by atoms with van der Waals surface area (Å²) >= 11 is 0. The first-order valence-corrected chi connectivity index (χ1v) is 7.46. The molecule has 4 heteroatoms. The summed E-state index contributed by atoms with van der Waals surface area (Å²) in [6.45, 7) is 6.54. The Hall–Kier alpha value is -1.55. The number of hydrogen-bond donors (Lipinski definition) is 2. The highest BCUT2D eigenvalue weighted by Gasteiger charge is 2.16. The van der Waals surface area contributed by atoms with Crippen molar-refractivity contribution in [1.82, 2.24) is 10.6 Å². The minimum Gasteiger partial charge on any atom is -0.374 e. The number of nitrogens with zero attached hydrogens (tertiary/aromatic N) is 1. The number of hydrogen-bond acceptors (Lipinski definition) is 3. The number of nitrogens with one attached hydrogen (secondary N) is 2. The third-order valence-electron chi connectivity index (χ3n) is 3.83. The zero-order valence-electron chi connectivity index (χ0n) is 12.7. The fraction of sp³-hybridized carbons (Fsp3) is 0.562. The molecule has 110 valence electrons. The van der Waals surface area contributed by atoms with Crippen LogP contribution < -0.4 is 15.5 Å². The van der Waals surface area contributed by atoms with Gasteiger partial charge in [0.15, 0.2) is 0 Å². The number of carbonyl (C=O) groups is 1. The molecule has 0 bridgehead atoms. The molecule has 1 aliphatic heterocycles. The lowest BCUT2D eigenvalue weighted by molar-refractivity contribution is -0.122. The fourth-order valence-corrected chi connectivity index (χ4v) is 2.49. The van der Waals surface area contributed by atoms with Crippen molar-refractivity contribution in [1.29, 1.82) is 0 Å². The molecule has 0 spiro atoms. The highest BCUT2D eigenvalue weighted by molar-refractivity contribution is 5.81. The van der Waals surface area contributed by atoms with Crippen LogP contribution in [0.4, 0.5) is 5.69 Å². The molecule has 1 aromatic rings. The summed E-state index contributed by atoms with van der Waals surface area (Å²) in [5.41, 5.74) is 3.99. The molecule has 1 aromatic carbocycles. The molecule has 0 saturated heterocycles. The lowest BCUT2D eigenvalue weighted by Gasteiger charge is -2.15. The van der Waals surface area contributed by atoms with Gasteiger partial charge in [-0.05, 0) is 37.0 Å². The molecule has 0 radical (unpaired) electrons. The van der Waals surface area contributed by atoms with Crippen LogP contribution in [0.3, 0.4) is 0 Å². The van der Waals surface area contributed by atoms with Gasteiger partial charge in [-0.15, -0.1) is 0 Å². The van der Waals surface area contributed by atoms with Gasteiger partial charge in [-0.25, -0.2) is 0 Å². The molecule has 1 amide bonds. The van der Waals surface area contributed by atoms with Gasteiger partial charge in [0.2, 0.25) is 5.91 Å². The minimum atomic E-state index is -0.155. The van der Waals surface area contributed by atoms with E-state index < -0.39 is 0 Å². The Morgan fingerprint density at radius 3 is 3.00 bits per heavy atom. The van der Waals surface area contributed by atoms with E-state index in [0.29, 0.717) is 0 Å². The summed E-state index contributed by atoms with van der Waals surface area (Å²) in [7, 11) is 2.13. The van der Waals surface area contributed by atoms with Gasteiger partial charge in [0.1, 0.15) is 0 Å². The van der Waals surface area contributed by atoms with Gasteiger partial charge in [0.05, 0.1) is 6.04 Å². The van der Waals surface area contributed by atoms with E-state index in [9.17, 15) is 4.79 Å². The number of benzene rings is 1. The Balaban J connectivity index is 1.87. The van der Waals surface area contributed by atoms with Crippen LogP contribution in [-0.4, -0.2) is 32.1 Å². The zero-order valence-corrected chi connectivity index (χ0v) is 12.7. The van der Waals surface area contributed by atoms with E-state index in [-0.39, 0.29) is 11.9 Å². The smallest absolute Gasteiger partial charge is 0.236 e. The Bertz CT molecular complexity index is 473. The molecule has 1 unspecified atom stereocenters. The standard InChI is InChI=1S/C16H25N3O/c1-4-8-17-16(20)12(2)18-11-13-5-6-15-14(10-13)7-9-19(15)3/h5-6,10,12,18H,4,7-9,11H2,1-3H3,(H,17,20). The van der Waals surface area contributed by atoms with Crippen LogP contribution in [0, 0.1) is 0 Å².